The molecule has 0 amide bonds. The number of aliphatic hydroxyl groups is 1. The molecule has 3 unspecified atom stereocenters. The number of aliphatic imine (C=N–C) groups is 2. The summed E-state index contributed by atoms with van der Waals surface area (Å²) in [6, 6.07) is 4.45. The average molecular weight is 546 g/mol. The highest BCUT2D eigenvalue weighted by atomic mass is 32.2. The molecule has 2 N–H and O–H groups in total. The van der Waals surface area contributed by atoms with Gasteiger partial charge in [-0.3, -0.25) is 14.3 Å². The summed E-state index contributed by atoms with van der Waals surface area (Å²) in [6.45, 7) is 3.39. The van der Waals surface area contributed by atoms with Crippen LogP contribution in [0.1, 0.15) is 19.9 Å². The Labute approximate surface area is 221 Å². The first kappa shape index (κ1) is 27.4. The lowest BCUT2D eigenvalue weighted by Crippen LogP contribution is -2.43. The summed E-state index contributed by atoms with van der Waals surface area (Å²) in [7, 11) is 0.372. The van der Waals surface area contributed by atoms with Crippen molar-refractivity contribution in [1.29, 1.82) is 0 Å². The number of anilines is 1. The second-order valence-electron chi connectivity index (χ2n) is 8.76. The van der Waals surface area contributed by atoms with Crippen molar-refractivity contribution in [1.82, 2.24) is 19.7 Å². The van der Waals surface area contributed by atoms with Gasteiger partial charge in [0.05, 0.1) is 26.9 Å². The number of amidine groups is 1. The van der Waals surface area contributed by atoms with Gasteiger partial charge in [0, 0.05) is 25.3 Å². The summed E-state index contributed by atoms with van der Waals surface area (Å²) in [5.74, 6) is 1.01. The minimum Gasteiger partial charge on any atom is -0.499 e. The predicted octanol–water partition coefficient (Wildman–Crippen LogP) is 1.61. The van der Waals surface area contributed by atoms with E-state index in [0.29, 0.717) is 23.2 Å². The zero-order chi connectivity index (χ0) is 27.4. The highest BCUT2D eigenvalue weighted by molar-refractivity contribution is 7.93. The Bertz CT molecular complexity index is 1380. The summed E-state index contributed by atoms with van der Waals surface area (Å²) in [5, 5.41) is 18.1. The molecule has 0 spiro atoms. The van der Waals surface area contributed by atoms with Crippen LogP contribution < -0.4 is 9.46 Å². The lowest BCUT2D eigenvalue weighted by molar-refractivity contribution is 0.0800. The van der Waals surface area contributed by atoms with Crippen LogP contribution in [0.3, 0.4) is 0 Å². The van der Waals surface area contributed by atoms with Crippen molar-refractivity contribution in [3.63, 3.8) is 0 Å². The van der Waals surface area contributed by atoms with Crippen LogP contribution in [0.5, 0.6) is 5.88 Å². The molecule has 5 atom stereocenters. The molecule has 2 aromatic rings. The van der Waals surface area contributed by atoms with Gasteiger partial charge in [0.25, 0.3) is 0 Å². The first-order valence-corrected chi connectivity index (χ1v) is 13.4. The van der Waals surface area contributed by atoms with E-state index in [4.69, 9.17) is 14.2 Å². The second kappa shape index (κ2) is 11.4. The number of methoxy groups -OCH3 is 3. The Morgan fingerprint density at radius 2 is 1.97 bits per heavy atom. The monoisotopic (exact) mass is 545 g/mol. The van der Waals surface area contributed by atoms with E-state index in [1.807, 2.05) is 6.08 Å². The summed E-state index contributed by atoms with van der Waals surface area (Å²) in [5.41, 5.74) is 0.391. The predicted molar refractivity (Wildman–Crippen MR) is 142 cm³/mol. The Morgan fingerprint density at radius 3 is 2.63 bits per heavy atom. The minimum absolute atomic E-state index is 0.0971. The lowest BCUT2D eigenvalue weighted by atomic mass is 10.0. The number of hydrogen-bond donors (Lipinski definition) is 2. The molecular weight excluding hydrogens is 514 g/mol. The molecule has 1 aliphatic carbocycles. The Morgan fingerprint density at radius 1 is 1.18 bits per heavy atom. The van der Waals surface area contributed by atoms with Gasteiger partial charge in [-0.05, 0) is 26.0 Å². The molecule has 204 valence electrons. The summed E-state index contributed by atoms with van der Waals surface area (Å²) >= 11 is 0. The van der Waals surface area contributed by atoms with Crippen LogP contribution in [0.4, 0.5) is 5.95 Å². The lowest BCUT2D eigenvalue weighted by Gasteiger charge is -2.31. The zero-order valence-corrected chi connectivity index (χ0v) is 22.5. The number of hydrogen-bond acceptors (Lipinski definition) is 11. The quantitative estimate of drug-likeness (QED) is 0.452. The summed E-state index contributed by atoms with van der Waals surface area (Å²) in [6.07, 6.45) is 5.07. The number of ether oxygens (including phenoxy) is 3. The van der Waals surface area contributed by atoms with Crippen LogP contribution in [0.2, 0.25) is 0 Å². The van der Waals surface area contributed by atoms with Crippen molar-refractivity contribution in [3.05, 3.63) is 42.2 Å². The standard InChI is InChI=1S/C24H31N7O6S/c1-14(22(32)16-12-25-15(2)26-13-16)38(33,34)30-24-29-28-23(17-8-6-11-20(27-17)37-5)31(24)21-18(35-3)9-7-10-19(21)36-4/h6-12,14,16,18,21-22,32H,13H2,1-5H3,(H,29,30)/t14-,16?,18?,21?,22+/m1/s1. The maximum atomic E-state index is 13.5. The number of aliphatic hydroxyl groups excluding tert-OH is 1. The van der Waals surface area contributed by atoms with Gasteiger partial charge < -0.3 is 19.3 Å². The van der Waals surface area contributed by atoms with Gasteiger partial charge in [-0.15, -0.1) is 10.2 Å². The largest absolute Gasteiger partial charge is 0.499 e. The van der Waals surface area contributed by atoms with Gasteiger partial charge in [-0.25, -0.2) is 18.4 Å². The fourth-order valence-corrected chi connectivity index (χ4v) is 5.37. The van der Waals surface area contributed by atoms with Gasteiger partial charge in [-0.2, -0.15) is 0 Å². The molecule has 1 aliphatic heterocycles. The summed E-state index contributed by atoms with van der Waals surface area (Å²) < 4.78 is 47.6. The molecule has 0 fully saturated rings. The Balaban J connectivity index is 1.76. The van der Waals surface area contributed by atoms with E-state index >= 15 is 0 Å². The van der Waals surface area contributed by atoms with Crippen molar-refractivity contribution in [3.8, 4) is 17.4 Å². The van der Waals surface area contributed by atoms with Crippen molar-refractivity contribution in [2.24, 2.45) is 15.9 Å². The second-order valence-corrected chi connectivity index (χ2v) is 10.8. The highest BCUT2D eigenvalue weighted by Crippen LogP contribution is 2.35. The molecule has 14 heteroatoms. The maximum Gasteiger partial charge on any atom is 0.240 e. The molecule has 0 saturated heterocycles. The zero-order valence-electron chi connectivity index (χ0n) is 21.7. The van der Waals surface area contributed by atoms with Crippen LogP contribution >= 0.6 is 0 Å². The summed E-state index contributed by atoms with van der Waals surface area (Å²) in [4.78, 5) is 12.8. The smallest absolute Gasteiger partial charge is 0.240 e. The highest BCUT2D eigenvalue weighted by Gasteiger charge is 2.38. The molecular formula is C24H31N7O6S. The number of rotatable bonds is 10. The van der Waals surface area contributed by atoms with Gasteiger partial charge in [0.1, 0.15) is 34.7 Å². The third kappa shape index (κ3) is 5.47. The maximum absolute atomic E-state index is 13.5. The first-order valence-electron chi connectivity index (χ1n) is 11.9. The number of nitrogens with zero attached hydrogens (tertiary/aromatic N) is 6. The van der Waals surface area contributed by atoms with Crippen molar-refractivity contribution < 1.29 is 27.7 Å². The topological polar surface area (TPSA) is 162 Å². The number of aromatic nitrogens is 4. The number of allylic oxidation sites excluding steroid dienone is 2. The van der Waals surface area contributed by atoms with Gasteiger partial charge >= 0.3 is 0 Å². The van der Waals surface area contributed by atoms with Gasteiger partial charge in [0.15, 0.2) is 5.82 Å². The van der Waals surface area contributed by atoms with Crippen LogP contribution in [-0.4, -0.2) is 90.7 Å². The molecule has 0 radical (unpaired) electrons. The Kier molecular flexibility index (Phi) is 8.23. The number of sulfonamides is 1. The number of pyridine rings is 1. The molecule has 4 rings (SSSR count). The minimum atomic E-state index is -4.16. The van der Waals surface area contributed by atoms with E-state index < -0.39 is 39.4 Å². The van der Waals surface area contributed by atoms with Crippen molar-refractivity contribution in [2.75, 3.05) is 32.6 Å². The van der Waals surface area contributed by atoms with E-state index in [0.717, 1.165) is 0 Å². The van der Waals surface area contributed by atoms with Crippen LogP contribution in [0, 0.1) is 5.92 Å². The Hall–Kier alpha value is -3.62. The van der Waals surface area contributed by atoms with E-state index in [2.05, 4.69) is 29.9 Å². The molecule has 0 bridgehead atoms. The van der Waals surface area contributed by atoms with Gasteiger partial charge in [-0.1, -0.05) is 18.2 Å². The molecule has 3 heterocycles. The van der Waals surface area contributed by atoms with E-state index in [1.165, 1.54) is 34.5 Å². The molecule has 13 nitrogen and oxygen atoms in total. The fourth-order valence-electron chi connectivity index (χ4n) is 4.23. The molecule has 2 aliphatic rings. The molecule has 38 heavy (non-hydrogen) atoms. The SMILES string of the molecule is COC1=CC=CC(OC)C1n1c(NS(=O)(=O)[C@H](C)[C@H](O)C2C=NC(C)=NC2)nnc1-c1cccc(OC)n1. The third-order valence-corrected chi connectivity index (χ3v) is 8.16. The van der Waals surface area contributed by atoms with Crippen LogP contribution in [0.15, 0.2) is 52.2 Å². The van der Waals surface area contributed by atoms with E-state index in [-0.39, 0.29) is 18.3 Å². The van der Waals surface area contributed by atoms with E-state index in [9.17, 15) is 13.5 Å². The number of nitrogens with one attached hydrogen (secondary N) is 1. The molecule has 2 aromatic heterocycles. The molecule has 0 aromatic carbocycles. The first-order chi connectivity index (χ1) is 18.2. The van der Waals surface area contributed by atoms with Crippen molar-refractivity contribution in [2.45, 2.75) is 37.3 Å². The normalized spacial score (nSPS) is 22.8. The van der Waals surface area contributed by atoms with Crippen LogP contribution in [-0.2, 0) is 19.5 Å². The van der Waals surface area contributed by atoms with E-state index in [1.54, 1.807) is 41.8 Å². The third-order valence-electron chi connectivity index (χ3n) is 6.43. The van der Waals surface area contributed by atoms with Crippen LogP contribution in [0.25, 0.3) is 11.5 Å². The molecule has 0 saturated carbocycles. The fraction of sp³-hybridized carbons (Fsp3) is 0.458. The average Bonchev–Trinajstić information content (AvgIpc) is 3.34. The van der Waals surface area contributed by atoms with Crippen molar-refractivity contribution >= 4 is 28.0 Å². The van der Waals surface area contributed by atoms with Gasteiger partial charge in [0.2, 0.25) is 21.9 Å².